The van der Waals surface area contributed by atoms with E-state index in [1.54, 1.807) is 0 Å². The Morgan fingerprint density at radius 2 is 2.20 bits per heavy atom. The van der Waals surface area contributed by atoms with Crippen LogP contribution >= 0.6 is 23.3 Å². The van der Waals surface area contributed by atoms with Gasteiger partial charge in [0.05, 0.1) is 0 Å². The first kappa shape index (κ1) is 12.8. The molecule has 5 heteroatoms. The van der Waals surface area contributed by atoms with Crippen LogP contribution in [0.5, 0.6) is 0 Å². The van der Waals surface area contributed by atoms with Gasteiger partial charge in [-0.15, -0.1) is 0 Å². The van der Waals surface area contributed by atoms with Crippen molar-refractivity contribution in [1.29, 1.82) is 0 Å². The molecular formula is C10H19N3S2. The molecule has 0 aliphatic rings. The number of hydrogen-bond donors (Lipinski definition) is 0. The molecule has 0 bridgehead atoms. The number of nitrogens with zero attached hydrogens (tertiary/aromatic N) is 3. The van der Waals surface area contributed by atoms with E-state index in [4.69, 9.17) is 0 Å². The molecular weight excluding hydrogens is 226 g/mol. The highest BCUT2D eigenvalue weighted by atomic mass is 32.2. The number of aromatic nitrogens is 2. The van der Waals surface area contributed by atoms with E-state index in [0.29, 0.717) is 5.92 Å². The van der Waals surface area contributed by atoms with Gasteiger partial charge in [-0.05, 0) is 12.2 Å². The Kier molecular flexibility index (Phi) is 5.39. The molecule has 15 heavy (non-hydrogen) atoms. The lowest BCUT2D eigenvalue weighted by molar-refractivity contribution is 0.627. The van der Waals surface area contributed by atoms with Gasteiger partial charge in [0.1, 0.15) is 5.82 Å². The lowest BCUT2D eigenvalue weighted by Crippen LogP contribution is -2.19. The summed E-state index contributed by atoms with van der Waals surface area (Å²) in [5, 5.41) is 1.04. The van der Waals surface area contributed by atoms with Crippen LogP contribution in [0.15, 0.2) is 0 Å². The summed E-state index contributed by atoms with van der Waals surface area (Å²) in [6.45, 7) is 5.42. The molecule has 0 saturated carbocycles. The third-order valence-corrected chi connectivity index (χ3v) is 3.46. The van der Waals surface area contributed by atoms with E-state index >= 15 is 0 Å². The van der Waals surface area contributed by atoms with Gasteiger partial charge in [0.2, 0.25) is 5.13 Å². The largest absolute Gasteiger partial charge is 0.349 e. The van der Waals surface area contributed by atoms with Crippen molar-refractivity contribution < 1.29 is 0 Å². The average Bonchev–Trinajstić information content (AvgIpc) is 2.61. The molecule has 0 radical (unpaired) electrons. The Bertz CT molecular complexity index is 286. The van der Waals surface area contributed by atoms with Gasteiger partial charge in [-0.25, -0.2) is 4.98 Å². The summed E-state index contributed by atoms with van der Waals surface area (Å²) in [5.41, 5.74) is 0. The normalized spacial score (nSPS) is 11.0. The van der Waals surface area contributed by atoms with E-state index in [2.05, 4.69) is 41.4 Å². The smallest absolute Gasteiger partial charge is 0.204 e. The molecule has 0 aliphatic heterocycles. The summed E-state index contributed by atoms with van der Waals surface area (Å²) in [6.07, 6.45) is 3.10. The van der Waals surface area contributed by atoms with E-state index in [1.165, 1.54) is 11.5 Å². The van der Waals surface area contributed by atoms with Crippen molar-refractivity contribution in [3.05, 3.63) is 5.82 Å². The average molecular weight is 245 g/mol. The van der Waals surface area contributed by atoms with Crippen molar-refractivity contribution in [3.8, 4) is 0 Å². The highest BCUT2D eigenvalue weighted by molar-refractivity contribution is 7.98. The minimum Gasteiger partial charge on any atom is -0.349 e. The van der Waals surface area contributed by atoms with Crippen LogP contribution < -0.4 is 4.90 Å². The van der Waals surface area contributed by atoms with Crippen LogP contribution in [0.2, 0.25) is 0 Å². The van der Waals surface area contributed by atoms with Crippen LogP contribution in [0, 0.1) is 5.92 Å². The quantitative estimate of drug-likeness (QED) is 0.770. The predicted molar refractivity (Wildman–Crippen MR) is 70.1 cm³/mol. The third-order valence-electron chi connectivity index (χ3n) is 2.01. The van der Waals surface area contributed by atoms with E-state index in [9.17, 15) is 0 Å². The van der Waals surface area contributed by atoms with Crippen LogP contribution in [0.3, 0.4) is 0 Å². The molecule has 0 atom stereocenters. The molecule has 1 aromatic heterocycles. The minimum absolute atomic E-state index is 0.629. The first-order valence-electron chi connectivity index (χ1n) is 5.16. The molecule has 1 heterocycles. The lowest BCUT2D eigenvalue weighted by Gasteiger charge is -2.13. The molecule has 86 valence electrons. The Morgan fingerprint density at radius 3 is 2.80 bits per heavy atom. The van der Waals surface area contributed by atoms with Gasteiger partial charge in [-0.2, -0.15) is 16.1 Å². The van der Waals surface area contributed by atoms with Crippen LogP contribution in [-0.4, -0.2) is 35.0 Å². The molecule has 0 aromatic carbocycles. The third kappa shape index (κ3) is 4.38. The Balaban J connectivity index is 2.51. The molecule has 0 aliphatic carbocycles. The molecule has 0 saturated heterocycles. The first-order chi connectivity index (χ1) is 7.13. The van der Waals surface area contributed by atoms with Gasteiger partial charge in [0.15, 0.2) is 0 Å². The molecule has 1 rings (SSSR count). The van der Waals surface area contributed by atoms with Gasteiger partial charge < -0.3 is 4.90 Å². The van der Waals surface area contributed by atoms with Crippen LogP contribution in [0.1, 0.15) is 19.7 Å². The van der Waals surface area contributed by atoms with E-state index in [1.807, 2.05) is 11.8 Å². The predicted octanol–water partition coefficient (Wildman–Crippen LogP) is 2.54. The second-order valence-electron chi connectivity index (χ2n) is 4.01. The molecule has 3 nitrogen and oxygen atoms in total. The fourth-order valence-electron chi connectivity index (χ4n) is 1.17. The van der Waals surface area contributed by atoms with Gasteiger partial charge in [0, 0.05) is 37.3 Å². The van der Waals surface area contributed by atoms with Crippen molar-refractivity contribution in [2.45, 2.75) is 20.3 Å². The molecule has 0 spiro atoms. The summed E-state index contributed by atoms with van der Waals surface area (Å²) in [6, 6.07) is 0. The van der Waals surface area contributed by atoms with Crippen LogP contribution in [0.25, 0.3) is 0 Å². The zero-order chi connectivity index (χ0) is 11.3. The number of anilines is 1. The fourth-order valence-corrected chi connectivity index (χ4v) is 2.31. The number of thioether (sulfide) groups is 1. The zero-order valence-electron chi connectivity index (χ0n) is 9.86. The summed E-state index contributed by atoms with van der Waals surface area (Å²) < 4.78 is 4.37. The van der Waals surface area contributed by atoms with Crippen molar-refractivity contribution >= 4 is 28.4 Å². The lowest BCUT2D eigenvalue weighted by atomic mass is 10.1. The Labute approximate surface area is 100 Å². The topological polar surface area (TPSA) is 29.0 Å². The highest BCUT2D eigenvalue weighted by Gasteiger charge is 2.09. The SMILES string of the molecule is CSCCN(C)c1nc(CC(C)C)ns1. The summed E-state index contributed by atoms with van der Waals surface area (Å²) in [5.74, 6) is 2.75. The van der Waals surface area contributed by atoms with Gasteiger partial charge >= 0.3 is 0 Å². The summed E-state index contributed by atoms with van der Waals surface area (Å²) in [4.78, 5) is 6.71. The van der Waals surface area contributed by atoms with Crippen molar-refractivity contribution in [3.63, 3.8) is 0 Å². The molecule has 1 aromatic rings. The molecule has 0 amide bonds. The standard InChI is InChI=1S/C10H19N3S2/c1-8(2)7-9-11-10(15-12-9)13(3)5-6-14-4/h8H,5-7H2,1-4H3. The van der Waals surface area contributed by atoms with Crippen molar-refractivity contribution in [2.75, 3.05) is 30.5 Å². The molecule has 0 N–H and O–H groups in total. The Hall–Kier alpha value is -0.290. The second-order valence-corrected chi connectivity index (χ2v) is 5.72. The summed E-state index contributed by atoms with van der Waals surface area (Å²) in [7, 11) is 2.08. The Morgan fingerprint density at radius 1 is 1.47 bits per heavy atom. The maximum atomic E-state index is 4.53. The van der Waals surface area contributed by atoms with Crippen molar-refractivity contribution in [1.82, 2.24) is 9.36 Å². The van der Waals surface area contributed by atoms with E-state index < -0.39 is 0 Å². The number of hydrogen-bond acceptors (Lipinski definition) is 5. The van der Waals surface area contributed by atoms with Crippen molar-refractivity contribution in [2.24, 2.45) is 5.92 Å². The number of rotatable bonds is 6. The zero-order valence-corrected chi connectivity index (χ0v) is 11.5. The maximum Gasteiger partial charge on any atom is 0.204 e. The van der Waals surface area contributed by atoms with Gasteiger partial charge in [-0.3, -0.25) is 0 Å². The molecule has 0 fully saturated rings. The summed E-state index contributed by atoms with van der Waals surface area (Å²) >= 11 is 3.36. The van der Waals surface area contributed by atoms with Crippen LogP contribution in [0.4, 0.5) is 5.13 Å². The maximum absolute atomic E-state index is 4.53. The van der Waals surface area contributed by atoms with E-state index in [0.717, 1.165) is 29.7 Å². The van der Waals surface area contributed by atoms with E-state index in [-0.39, 0.29) is 0 Å². The van der Waals surface area contributed by atoms with Gasteiger partial charge in [-0.1, -0.05) is 13.8 Å². The fraction of sp³-hybridized carbons (Fsp3) is 0.800. The van der Waals surface area contributed by atoms with Crippen LogP contribution in [-0.2, 0) is 6.42 Å². The first-order valence-corrected chi connectivity index (χ1v) is 7.33. The second kappa shape index (κ2) is 6.33. The monoisotopic (exact) mass is 245 g/mol. The highest BCUT2D eigenvalue weighted by Crippen LogP contribution is 2.17. The van der Waals surface area contributed by atoms with Gasteiger partial charge in [0.25, 0.3) is 0 Å². The molecule has 0 unspecified atom stereocenters. The minimum atomic E-state index is 0.629.